The molecule has 1 aliphatic carbocycles. The van der Waals surface area contributed by atoms with Crippen LogP contribution in [0.5, 0.6) is 0 Å². The average molecular weight is 380 g/mol. The molecule has 0 aromatic rings. The van der Waals surface area contributed by atoms with Crippen molar-refractivity contribution in [2.24, 2.45) is 17.8 Å². The molecule has 154 valence electrons. The number of rotatable bonds is 6. The maximum Gasteiger partial charge on any atom is 0.243 e. The second-order valence-corrected chi connectivity index (χ2v) is 8.83. The number of likely N-dealkylation sites (tertiary alicyclic amines) is 1. The third kappa shape index (κ3) is 6.22. The highest BCUT2D eigenvalue weighted by molar-refractivity contribution is 5.89. The van der Waals surface area contributed by atoms with Crippen LogP contribution >= 0.6 is 0 Å². The summed E-state index contributed by atoms with van der Waals surface area (Å²) in [6, 6.07) is -0.420. The molecular formula is C21H37N3O3. The minimum Gasteiger partial charge on any atom is -0.351 e. The van der Waals surface area contributed by atoms with E-state index in [1.165, 1.54) is 6.42 Å². The minimum absolute atomic E-state index is 0.0106. The van der Waals surface area contributed by atoms with E-state index in [2.05, 4.69) is 10.6 Å². The summed E-state index contributed by atoms with van der Waals surface area (Å²) < 4.78 is 0. The number of carbonyl (C=O) groups is 3. The number of carbonyl (C=O) groups excluding carboxylic acids is 3. The fourth-order valence-electron chi connectivity index (χ4n) is 4.07. The first kappa shape index (κ1) is 21.7. The highest BCUT2D eigenvalue weighted by atomic mass is 16.2. The molecular weight excluding hydrogens is 342 g/mol. The van der Waals surface area contributed by atoms with Crippen molar-refractivity contribution >= 4 is 17.7 Å². The first-order valence-corrected chi connectivity index (χ1v) is 10.7. The Morgan fingerprint density at radius 1 is 0.889 bits per heavy atom. The van der Waals surface area contributed by atoms with E-state index in [-0.39, 0.29) is 41.5 Å². The molecule has 0 bridgehead atoms. The normalized spacial score (nSPS) is 20.6. The van der Waals surface area contributed by atoms with E-state index in [0.29, 0.717) is 13.1 Å². The molecule has 2 N–H and O–H groups in total. The summed E-state index contributed by atoms with van der Waals surface area (Å²) in [5, 5.41) is 6.11. The number of amides is 3. The van der Waals surface area contributed by atoms with Crippen molar-refractivity contribution < 1.29 is 14.4 Å². The Morgan fingerprint density at radius 2 is 1.48 bits per heavy atom. The molecule has 2 rings (SSSR count). The molecule has 0 spiro atoms. The first-order chi connectivity index (χ1) is 12.8. The third-order valence-corrected chi connectivity index (χ3v) is 5.87. The van der Waals surface area contributed by atoms with Crippen molar-refractivity contribution in [3.63, 3.8) is 0 Å². The second kappa shape index (κ2) is 10.1. The standard InChI is InChI=1S/C21H37N3O3/c1-14(2)18(23-19(25)16-8-6-5-7-9-16)20(26)22-17-10-12-24(13-11-17)21(27)15(3)4/h14-18H,5-13H2,1-4H3,(H,22,26)(H,23,25). The lowest BCUT2D eigenvalue weighted by atomic mass is 9.88. The monoisotopic (exact) mass is 379 g/mol. The summed E-state index contributed by atoms with van der Waals surface area (Å²) >= 11 is 0. The number of nitrogens with one attached hydrogen (secondary N) is 2. The zero-order chi connectivity index (χ0) is 20.0. The van der Waals surface area contributed by atoms with Gasteiger partial charge in [0.1, 0.15) is 6.04 Å². The maximum atomic E-state index is 12.8. The summed E-state index contributed by atoms with van der Waals surface area (Å²) in [4.78, 5) is 39.3. The van der Waals surface area contributed by atoms with Crippen molar-refractivity contribution in [2.45, 2.75) is 84.7 Å². The van der Waals surface area contributed by atoms with Gasteiger partial charge in [0, 0.05) is 31.0 Å². The van der Waals surface area contributed by atoms with Gasteiger partial charge in [0.25, 0.3) is 0 Å². The van der Waals surface area contributed by atoms with Crippen LogP contribution < -0.4 is 10.6 Å². The van der Waals surface area contributed by atoms with Crippen molar-refractivity contribution in [2.75, 3.05) is 13.1 Å². The average Bonchev–Trinajstić information content (AvgIpc) is 2.66. The van der Waals surface area contributed by atoms with Crippen LogP contribution in [0.1, 0.15) is 72.6 Å². The molecule has 6 nitrogen and oxygen atoms in total. The Balaban J connectivity index is 1.84. The molecule has 1 heterocycles. The van der Waals surface area contributed by atoms with Gasteiger partial charge in [-0.05, 0) is 31.6 Å². The lowest BCUT2D eigenvalue weighted by molar-refractivity contribution is -0.136. The Morgan fingerprint density at radius 3 is 2.00 bits per heavy atom. The molecule has 1 aliphatic heterocycles. The van der Waals surface area contributed by atoms with Gasteiger partial charge in [0.05, 0.1) is 0 Å². The van der Waals surface area contributed by atoms with E-state index < -0.39 is 6.04 Å². The number of nitrogens with zero attached hydrogens (tertiary/aromatic N) is 1. The van der Waals surface area contributed by atoms with Gasteiger partial charge in [-0.15, -0.1) is 0 Å². The molecule has 6 heteroatoms. The molecule has 0 aromatic heterocycles. The van der Waals surface area contributed by atoms with E-state index in [1.807, 2.05) is 32.6 Å². The predicted molar refractivity (Wildman–Crippen MR) is 106 cm³/mol. The molecule has 1 atom stereocenters. The van der Waals surface area contributed by atoms with E-state index in [9.17, 15) is 14.4 Å². The fraction of sp³-hybridized carbons (Fsp3) is 0.857. The first-order valence-electron chi connectivity index (χ1n) is 10.7. The summed E-state index contributed by atoms with van der Waals surface area (Å²) in [6.45, 7) is 9.13. The summed E-state index contributed by atoms with van der Waals surface area (Å²) in [5.41, 5.74) is 0. The molecule has 2 fully saturated rings. The van der Waals surface area contributed by atoms with Crippen molar-refractivity contribution in [3.8, 4) is 0 Å². The van der Waals surface area contributed by atoms with E-state index in [0.717, 1.165) is 38.5 Å². The van der Waals surface area contributed by atoms with Crippen LogP contribution in [-0.4, -0.2) is 47.8 Å². The van der Waals surface area contributed by atoms with Gasteiger partial charge in [-0.25, -0.2) is 0 Å². The lowest BCUT2D eigenvalue weighted by Gasteiger charge is -2.34. The topological polar surface area (TPSA) is 78.5 Å². The minimum atomic E-state index is -0.491. The van der Waals surface area contributed by atoms with Crippen molar-refractivity contribution in [1.82, 2.24) is 15.5 Å². The van der Waals surface area contributed by atoms with Gasteiger partial charge in [-0.2, -0.15) is 0 Å². The Bertz CT molecular complexity index is 519. The number of piperidine rings is 1. The van der Waals surface area contributed by atoms with E-state index in [4.69, 9.17) is 0 Å². The number of hydrogen-bond donors (Lipinski definition) is 2. The third-order valence-electron chi connectivity index (χ3n) is 5.87. The molecule has 0 aromatic carbocycles. The van der Waals surface area contributed by atoms with Crippen LogP contribution in [0.3, 0.4) is 0 Å². The lowest BCUT2D eigenvalue weighted by Crippen LogP contribution is -2.55. The number of hydrogen-bond acceptors (Lipinski definition) is 3. The smallest absolute Gasteiger partial charge is 0.243 e. The SMILES string of the molecule is CC(C)C(=O)N1CCC(NC(=O)C(NC(=O)C2CCCCC2)C(C)C)CC1. The molecule has 27 heavy (non-hydrogen) atoms. The molecule has 1 saturated carbocycles. The predicted octanol–water partition coefficient (Wildman–Crippen LogP) is 2.47. The van der Waals surface area contributed by atoms with Crippen LogP contribution in [0.2, 0.25) is 0 Å². The molecule has 0 radical (unpaired) electrons. The quantitative estimate of drug-likeness (QED) is 0.744. The van der Waals surface area contributed by atoms with Crippen LogP contribution in [0.25, 0.3) is 0 Å². The van der Waals surface area contributed by atoms with E-state index in [1.54, 1.807) is 0 Å². The maximum absolute atomic E-state index is 12.8. The van der Waals surface area contributed by atoms with Gasteiger partial charge >= 0.3 is 0 Å². The summed E-state index contributed by atoms with van der Waals surface area (Å²) in [6.07, 6.45) is 6.81. The van der Waals surface area contributed by atoms with Crippen molar-refractivity contribution in [3.05, 3.63) is 0 Å². The highest BCUT2D eigenvalue weighted by Crippen LogP contribution is 2.24. The highest BCUT2D eigenvalue weighted by Gasteiger charge is 2.31. The Kier molecular flexibility index (Phi) is 8.11. The van der Waals surface area contributed by atoms with Gasteiger partial charge < -0.3 is 15.5 Å². The van der Waals surface area contributed by atoms with Crippen molar-refractivity contribution in [1.29, 1.82) is 0 Å². The van der Waals surface area contributed by atoms with Crippen LogP contribution in [0, 0.1) is 17.8 Å². The summed E-state index contributed by atoms with van der Waals surface area (Å²) in [5.74, 6) is 0.220. The molecule has 1 unspecified atom stereocenters. The summed E-state index contributed by atoms with van der Waals surface area (Å²) in [7, 11) is 0. The van der Waals surface area contributed by atoms with Gasteiger partial charge in [-0.3, -0.25) is 14.4 Å². The molecule has 3 amide bonds. The van der Waals surface area contributed by atoms with Crippen LogP contribution in [-0.2, 0) is 14.4 Å². The van der Waals surface area contributed by atoms with Crippen LogP contribution in [0.4, 0.5) is 0 Å². The Labute approximate surface area is 163 Å². The van der Waals surface area contributed by atoms with Gasteiger partial charge in [0.15, 0.2) is 0 Å². The van der Waals surface area contributed by atoms with Gasteiger partial charge in [0.2, 0.25) is 17.7 Å². The van der Waals surface area contributed by atoms with Crippen LogP contribution in [0.15, 0.2) is 0 Å². The largest absolute Gasteiger partial charge is 0.351 e. The zero-order valence-electron chi connectivity index (χ0n) is 17.4. The Hall–Kier alpha value is -1.59. The molecule has 2 aliphatic rings. The molecule has 1 saturated heterocycles. The zero-order valence-corrected chi connectivity index (χ0v) is 17.4. The fourth-order valence-corrected chi connectivity index (χ4v) is 4.07. The van der Waals surface area contributed by atoms with E-state index >= 15 is 0 Å². The second-order valence-electron chi connectivity index (χ2n) is 8.83. The van der Waals surface area contributed by atoms with Gasteiger partial charge in [-0.1, -0.05) is 47.0 Å².